The van der Waals surface area contributed by atoms with Crippen molar-refractivity contribution in [3.05, 3.63) is 12.2 Å². The van der Waals surface area contributed by atoms with E-state index in [1.165, 1.54) is 12.8 Å². The summed E-state index contributed by atoms with van der Waals surface area (Å²) in [5.74, 6) is -0.977. The lowest BCUT2D eigenvalue weighted by molar-refractivity contribution is -0.150. The molecule has 1 saturated heterocycles. The summed E-state index contributed by atoms with van der Waals surface area (Å²) >= 11 is 0. The fourth-order valence-corrected chi connectivity index (χ4v) is 3.39. The van der Waals surface area contributed by atoms with E-state index >= 15 is 0 Å². The first-order valence-electron chi connectivity index (χ1n) is 7.80. The van der Waals surface area contributed by atoms with Gasteiger partial charge in [0.15, 0.2) is 0 Å². The highest BCUT2D eigenvalue weighted by Crippen LogP contribution is 2.29. The van der Waals surface area contributed by atoms with Crippen molar-refractivity contribution in [2.75, 3.05) is 13.1 Å². The third-order valence-electron chi connectivity index (χ3n) is 4.80. The molecule has 0 saturated carbocycles. The molecular formula is C16H25NO3. The van der Waals surface area contributed by atoms with Crippen molar-refractivity contribution in [3.8, 4) is 0 Å². The van der Waals surface area contributed by atoms with Crippen LogP contribution in [0.25, 0.3) is 0 Å². The van der Waals surface area contributed by atoms with E-state index in [1.807, 2.05) is 17.1 Å². The van der Waals surface area contributed by atoms with E-state index in [-0.39, 0.29) is 11.8 Å². The van der Waals surface area contributed by atoms with Crippen LogP contribution >= 0.6 is 0 Å². The second-order valence-corrected chi connectivity index (χ2v) is 6.02. The molecular weight excluding hydrogens is 254 g/mol. The van der Waals surface area contributed by atoms with Crippen LogP contribution in [0.1, 0.15) is 45.4 Å². The monoisotopic (exact) mass is 279 g/mol. The Morgan fingerprint density at radius 2 is 1.85 bits per heavy atom. The van der Waals surface area contributed by atoms with E-state index in [0.717, 1.165) is 25.9 Å². The zero-order valence-electron chi connectivity index (χ0n) is 12.3. The minimum Gasteiger partial charge on any atom is -0.481 e. The predicted molar refractivity (Wildman–Crippen MR) is 77.2 cm³/mol. The van der Waals surface area contributed by atoms with Gasteiger partial charge in [0, 0.05) is 13.1 Å². The number of allylic oxidation sites excluding steroid dienone is 2. The van der Waals surface area contributed by atoms with Crippen molar-refractivity contribution in [2.24, 2.45) is 17.8 Å². The van der Waals surface area contributed by atoms with Gasteiger partial charge in [0.25, 0.3) is 0 Å². The van der Waals surface area contributed by atoms with E-state index in [1.54, 1.807) is 0 Å². The number of carboxylic acid groups (broad SMARTS) is 1. The van der Waals surface area contributed by atoms with Crippen LogP contribution < -0.4 is 0 Å². The lowest BCUT2D eigenvalue weighted by Crippen LogP contribution is -2.42. The molecule has 1 heterocycles. The first-order chi connectivity index (χ1) is 9.63. The van der Waals surface area contributed by atoms with Gasteiger partial charge in [-0.1, -0.05) is 25.5 Å². The number of hydrogen-bond donors (Lipinski definition) is 1. The Balaban J connectivity index is 2.02. The van der Waals surface area contributed by atoms with E-state index in [0.29, 0.717) is 18.8 Å². The summed E-state index contributed by atoms with van der Waals surface area (Å²) in [4.78, 5) is 25.9. The highest BCUT2D eigenvalue weighted by Gasteiger charge is 2.36. The van der Waals surface area contributed by atoms with Crippen LogP contribution in [0.2, 0.25) is 0 Å². The van der Waals surface area contributed by atoms with Crippen molar-refractivity contribution < 1.29 is 14.7 Å². The maximum absolute atomic E-state index is 12.6. The number of amides is 1. The van der Waals surface area contributed by atoms with Crippen LogP contribution in [0.15, 0.2) is 12.2 Å². The molecule has 0 aromatic heterocycles. The van der Waals surface area contributed by atoms with Crippen molar-refractivity contribution in [3.63, 3.8) is 0 Å². The Morgan fingerprint density at radius 3 is 2.50 bits per heavy atom. The summed E-state index contributed by atoms with van der Waals surface area (Å²) < 4.78 is 0. The molecule has 1 fully saturated rings. The fraction of sp³-hybridized carbons (Fsp3) is 0.750. The summed E-state index contributed by atoms with van der Waals surface area (Å²) in [6, 6.07) is 0. The average molecular weight is 279 g/mol. The highest BCUT2D eigenvalue weighted by atomic mass is 16.4. The lowest BCUT2D eigenvalue weighted by atomic mass is 9.82. The SMILES string of the molecule is CCC1CCCN(C(=O)C2CC=CCC2C(=O)O)CC1. The van der Waals surface area contributed by atoms with Crippen LogP contribution in [0.3, 0.4) is 0 Å². The van der Waals surface area contributed by atoms with E-state index < -0.39 is 11.9 Å². The largest absolute Gasteiger partial charge is 0.481 e. The van der Waals surface area contributed by atoms with Crippen molar-refractivity contribution >= 4 is 11.9 Å². The lowest BCUT2D eigenvalue weighted by Gasteiger charge is -2.30. The van der Waals surface area contributed by atoms with Crippen molar-refractivity contribution in [2.45, 2.75) is 45.4 Å². The van der Waals surface area contributed by atoms with Crippen molar-refractivity contribution in [1.82, 2.24) is 4.90 Å². The molecule has 0 aromatic rings. The molecule has 1 amide bonds. The van der Waals surface area contributed by atoms with Crippen LogP contribution in [0.5, 0.6) is 0 Å². The van der Waals surface area contributed by atoms with Gasteiger partial charge in [0.1, 0.15) is 0 Å². The Hall–Kier alpha value is -1.32. The molecule has 0 bridgehead atoms. The summed E-state index contributed by atoms with van der Waals surface area (Å²) in [6.45, 7) is 3.79. The van der Waals surface area contributed by atoms with E-state index in [9.17, 15) is 14.7 Å². The van der Waals surface area contributed by atoms with E-state index in [2.05, 4.69) is 6.92 Å². The molecule has 20 heavy (non-hydrogen) atoms. The number of carboxylic acids is 1. The molecule has 2 rings (SSSR count). The van der Waals surface area contributed by atoms with Gasteiger partial charge in [0.05, 0.1) is 11.8 Å². The topological polar surface area (TPSA) is 57.6 Å². The third kappa shape index (κ3) is 3.41. The first kappa shape index (κ1) is 15.1. The number of carbonyl (C=O) groups excluding carboxylic acids is 1. The second-order valence-electron chi connectivity index (χ2n) is 6.02. The molecule has 112 valence electrons. The standard InChI is InChI=1S/C16H25NO3/c1-2-12-6-5-10-17(11-9-12)15(18)13-7-3-4-8-14(13)16(19)20/h3-4,12-14H,2,5-11H2,1H3,(H,19,20). The second kappa shape index (κ2) is 6.91. The molecule has 1 aliphatic carbocycles. The van der Waals surface area contributed by atoms with Gasteiger partial charge in [-0.3, -0.25) is 9.59 Å². The Labute approximate surface area is 120 Å². The van der Waals surface area contributed by atoms with Gasteiger partial charge in [-0.05, 0) is 38.0 Å². The fourth-order valence-electron chi connectivity index (χ4n) is 3.39. The normalized spacial score (nSPS) is 30.9. The molecule has 3 atom stereocenters. The minimum absolute atomic E-state index is 0.0542. The Bertz CT molecular complexity index is 391. The Kier molecular flexibility index (Phi) is 5.21. The summed E-state index contributed by atoms with van der Waals surface area (Å²) in [5.41, 5.74) is 0. The average Bonchev–Trinajstić information content (AvgIpc) is 2.71. The zero-order chi connectivity index (χ0) is 14.5. The van der Waals surface area contributed by atoms with Crippen molar-refractivity contribution in [1.29, 1.82) is 0 Å². The molecule has 0 aromatic carbocycles. The number of aliphatic carboxylic acids is 1. The van der Waals surface area contributed by atoms with Gasteiger partial charge >= 0.3 is 5.97 Å². The molecule has 4 heteroatoms. The number of rotatable bonds is 3. The smallest absolute Gasteiger partial charge is 0.307 e. The predicted octanol–water partition coefficient (Wildman–Crippen LogP) is 2.69. The maximum Gasteiger partial charge on any atom is 0.307 e. The van der Waals surface area contributed by atoms with Gasteiger partial charge in [-0.25, -0.2) is 0 Å². The van der Waals surface area contributed by atoms with E-state index in [4.69, 9.17) is 0 Å². The highest BCUT2D eigenvalue weighted by molar-refractivity contribution is 5.85. The van der Waals surface area contributed by atoms with Gasteiger partial charge in [-0.2, -0.15) is 0 Å². The number of likely N-dealkylation sites (tertiary alicyclic amines) is 1. The molecule has 4 nitrogen and oxygen atoms in total. The van der Waals surface area contributed by atoms with Gasteiger partial charge in [-0.15, -0.1) is 0 Å². The first-order valence-corrected chi connectivity index (χ1v) is 7.80. The molecule has 2 aliphatic rings. The molecule has 1 aliphatic heterocycles. The molecule has 0 spiro atoms. The zero-order valence-corrected chi connectivity index (χ0v) is 12.3. The van der Waals surface area contributed by atoms with Crippen LogP contribution in [0.4, 0.5) is 0 Å². The molecule has 1 N–H and O–H groups in total. The third-order valence-corrected chi connectivity index (χ3v) is 4.80. The molecule has 3 unspecified atom stereocenters. The number of nitrogens with zero attached hydrogens (tertiary/aromatic N) is 1. The maximum atomic E-state index is 12.6. The number of hydrogen-bond acceptors (Lipinski definition) is 2. The van der Waals surface area contributed by atoms with Gasteiger partial charge in [0.2, 0.25) is 5.91 Å². The minimum atomic E-state index is -0.839. The summed E-state index contributed by atoms with van der Waals surface area (Å²) in [7, 11) is 0. The van der Waals surface area contributed by atoms with Crippen LogP contribution in [-0.4, -0.2) is 35.0 Å². The Morgan fingerprint density at radius 1 is 1.15 bits per heavy atom. The molecule has 0 radical (unpaired) electrons. The van der Waals surface area contributed by atoms with Gasteiger partial charge < -0.3 is 10.0 Å². The summed E-state index contributed by atoms with van der Waals surface area (Å²) in [5, 5.41) is 9.29. The number of carbonyl (C=O) groups is 2. The van der Waals surface area contributed by atoms with Crippen LogP contribution in [0, 0.1) is 17.8 Å². The summed E-state index contributed by atoms with van der Waals surface area (Å²) in [6.07, 6.45) is 9.36. The van der Waals surface area contributed by atoms with Crippen LogP contribution in [-0.2, 0) is 9.59 Å². The quantitative estimate of drug-likeness (QED) is 0.808.